The Morgan fingerprint density at radius 2 is 1.80 bits per heavy atom. The van der Waals surface area contributed by atoms with E-state index >= 15 is 0 Å². The van der Waals surface area contributed by atoms with Crippen molar-refractivity contribution < 1.29 is 26.4 Å². The number of carbonyl (C=O) groups is 1. The number of sulfonamides is 1. The summed E-state index contributed by atoms with van der Waals surface area (Å²) in [6.45, 7) is 0. The molecule has 0 heterocycles. The van der Waals surface area contributed by atoms with Crippen LogP contribution in [-0.4, -0.2) is 14.3 Å². The maximum absolute atomic E-state index is 12.9. The molecule has 25 heavy (non-hydrogen) atoms. The fourth-order valence-corrected chi connectivity index (χ4v) is 3.07. The standard InChI is InChI=1S/C14H9BrClF3N2O3S/c15-11-3-2-8(25(20,23)24)6-9(11)13(22)21-7-1-4-12(16)10(5-7)14(17,18)19/h1-6H,(H,21,22)(H2,20,23,24). The lowest BCUT2D eigenvalue weighted by Crippen LogP contribution is -2.17. The Kier molecular flexibility index (Phi) is 5.47. The Morgan fingerprint density at radius 3 is 2.36 bits per heavy atom. The number of hydrogen-bond donors (Lipinski definition) is 2. The van der Waals surface area contributed by atoms with Gasteiger partial charge in [-0.1, -0.05) is 11.6 Å². The van der Waals surface area contributed by atoms with Gasteiger partial charge in [0.25, 0.3) is 5.91 Å². The Morgan fingerprint density at radius 1 is 1.16 bits per heavy atom. The van der Waals surface area contributed by atoms with Crippen molar-refractivity contribution in [2.75, 3.05) is 5.32 Å². The van der Waals surface area contributed by atoms with Crippen molar-refractivity contribution in [3.8, 4) is 0 Å². The van der Waals surface area contributed by atoms with Crippen molar-refractivity contribution in [2.45, 2.75) is 11.1 Å². The van der Waals surface area contributed by atoms with E-state index in [2.05, 4.69) is 21.2 Å². The fraction of sp³-hybridized carbons (Fsp3) is 0.0714. The van der Waals surface area contributed by atoms with E-state index in [9.17, 15) is 26.4 Å². The van der Waals surface area contributed by atoms with Crippen molar-refractivity contribution in [2.24, 2.45) is 5.14 Å². The number of anilines is 1. The van der Waals surface area contributed by atoms with Crippen molar-refractivity contribution in [1.82, 2.24) is 0 Å². The second-order valence-corrected chi connectivity index (χ2v) is 7.66. The number of hydrogen-bond acceptors (Lipinski definition) is 3. The normalized spacial score (nSPS) is 12.1. The molecule has 0 unspecified atom stereocenters. The topological polar surface area (TPSA) is 89.3 Å². The van der Waals surface area contributed by atoms with Crippen LogP contribution in [0.2, 0.25) is 5.02 Å². The highest BCUT2D eigenvalue weighted by Gasteiger charge is 2.33. The fourth-order valence-electron chi connectivity index (χ4n) is 1.87. The number of amides is 1. The monoisotopic (exact) mass is 456 g/mol. The Labute approximate surface area is 154 Å². The maximum atomic E-state index is 12.9. The zero-order valence-corrected chi connectivity index (χ0v) is 15.2. The molecule has 0 spiro atoms. The molecule has 11 heteroatoms. The van der Waals surface area contributed by atoms with Crippen LogP contribution >= 0.6 is 27.5 Å². The molecular weight excluding hydrogens is 449 g/mol. The quantitative estimate of drug-likeness (QED) is 0.729. The molecule has 2 aromatic rings. The van der Waals surface area contributed by atoms with Crippen molar-refractivity contribution in [3.63, 3.8) is 0 Å². The van der Waals surface area contributed by atoms with E-state index in [1.165, 1.54) is 18.2 Å². The van der Waals surface area contributed by atoms with Gasteiger partial charge in [-0.3, -0.25) is 4.79 Å². The maximum Gasteiger partial charge on any atom is 0.417 e. The van der Waals surface area contributed by atoms with E-state index in [1.807, 2.05) is 0 Å². The summed E-state index contributed by atoms with van der Waals surface area (Å²) in [6, 6.07) is 6.34. The van der Waals surface area contributed by atoms with Gasteiger partial charge in [0, 0.05) is 10.2 Å². The zero-order chi connectivity index (χ0) is 19.0. The zero-order valence-electron chi connectivity index (χ0n) is 12.1. The third kappa shape index (κ3) is 4.72. The summed E-state index contributed by atoms with van der Waals surface area (Å²) in [5.41, 5.74) is -1.38. The minimum atomic E-state index is -4.69. The summed E-state index contributed by atoms with van der Waals surface area (Å²) in [5, 5.41) is 6.74. The highest BCUT2D eigenvalue weighted by molar-refractivity contribution is 9.10. The summed E-state index contributed by atoms with van der Waals surface area (Å²) < 4.78 is 61.5. The van der Waals surface area contributed by atoms with Crippen molar-refractivity contribution >= 4 is 49.1 Å². The van der Waals surface area contributed by atoms with Crippen LogP contribution in [0.4, 0.5) is 18.9 Å². The molecule has 0 aliphatic carbocycles. The Balaban J connectivity index is 2.38. The van der Waals surface area contributed by atoms with Gasteiger partial charge in [-0.25, -0.2) is 13.6 Å². The number of primary sulfonamides is 1. The molecule has 0 saturated carbocycles. The van der Waals surface area contributed by atoms with Gasteiger partial charge in [-0.15, -0.1) is 0 Å². The molecule has 0 radical (unpaired) electrons. The van der Waals surface area contributed by atoms with E-state index in [4.69, 9.17) is 16.7 Å². The van der Waals surface area contributed by atoms with Crippen molar-refractivity contribution in [3.05, 3.63) is 57.0 Å². The molecule has 0 fully saturated rings. The van der Waals surface area contributed by atoms with Crippen LogP contribution in [0.5, 0.6) is 0 Å². The first-order valence-corrected chi connectivity index (χ1v) is 9.12. The molecule has 134 valence electrons. The average molecular weight is 458 g/mol. The van der Waals surface area contributed by atoms with E-state index in [0.29, 0.717) is 6.07 Å². The van der Waals surface area contributed by atoms with Crippen LogP contribution in [0.25, 0.3) is 0 Å². The molecule has 5 nitrogen and oxygen atoms in total. The number of halogens is 5. The lowest BCUT2D eigenvalue weighted by atomic mass is 10.1. The first-order chi connectivity index (χ1) is 11.4. The smallest absolute Gasteiger partial charge is 0.322 e. The third-order valence-corrected chi connectivity index (χ3v) is 4.97. The third-order valence-electron chi connectivity index (χ3n) is 3.04. The number of carbonyl (C=O) groups excluding carboxylic acids is 1. The van der Waals surface area contributed by atoms with E-state index in [1.54, 1.807) is 0 Å². The van der Waals surface area contributed by atoms with Gasteiger partial charge in [0.2, 0.25) is 10.0 Å². The predicted molar refractivity (Wildman–Crippen MR) is 89.9 cm³/mol. The Bertz CT molecular complexity index is 949. The summed E-state index contributed by atoms with van der Waals surface area (Å²) in [4.78, 5) is 12.0. The first kappa shape index (κ1) is 19.7. The van der Waals surface area contributed by atoms with Gasteiger partial charge in [-0.05, 0) is 52.3 Å². The average Bonchev–Trinajstić information content (AvgIpc) is 2.47. The second-order valence-electron chi connectivity index (χ2n) is 4.83. The molecule has 0 aromatic heterocycles. The molecular formula is C14H9BrClF3N2O3S. The van der Waals surface area contributed by atoms with E-state index < -0.39 is 32.7 Å². The molecule has 3 N–H and O–H groups in total. The van der Waals surface area contributed by atoms with Crippen LogP contribution in [0.1, 0.15) is 15.9 Å². The largest absolute Gasteiger partial charge is 0.417 e. The summed E-state index contributed by atoms with van der Waals surface area (Å²) >= 11 is 8.58. The van der Waals surface area contributed by atoms with Crippen LogP contribution in [0.3, 0.4) is 0 Å². The van der Waals surface area contributed by atoms with Crippen LogP contribution in [0, 0.1) is 0 Å². The van der Waals surface area contributed by atoms with Gasteiger partial charge in [0.1, 0.15) is 0 Å². The molecule has 0 saturated heterocycles. The van der Waals surface area contributed by atoms with E-state index in [-0.39, 0.29) is 20.6 Å². The molecule has 1 amide bonds. The number of nitrogens with one attached hydrogen (secondary N) is 1. The minimum absolute atomic E-state index is 0.116. The van der Waals surface area contributed by atoms with Gasteiger partial charge >= 0.3 is 6.18 Å². The molecule has 0 bridgehead atoms. The van der Waals surface area contributed by atoms with Gasteiger partial charge in [0.05, 0.1) is 21.0 Å². The van der Waals surface area contributed by atoms with Crippen LogP contribution in [0.15, 0.2) is 45.8 Å². The molecule has 2 aromatic carbocycles. The number of nitrogens with two attached hydrogens (primary N) is 1. The second kappa shape index (κ2) is 6.94. The minimum Gasteiger partial charge on any atom is -0.322 e. The van der Waals surface area contributed by atoms with Gasteiger partial charge < -0.3 is 5.32 Å². The Hall–Kier alpha value is -1.62. The number of benzene rings is 2. The lowest BCUT2D eigenvalue weighted by molar-refractivity contribution is -0.137. The lowest BCUT2D eigenvalue weighted by Gasteiger charge is -2.12. The van der Waals surface area contributed by atoms with Crippen LogP contribution < -0.4 is 10.5 Å². The highest BCUT2D eigenvalue weighted by Crippen LogP contribution is 2.36. The first-order valence-electron chi connectivity index (χ1n) is 6.40. The van der Waals surface area contributed by atoms with Gasteiger partial charge in [-0.2, -0.15) is 13.2 Å². The molecule has 0 aliphatic heterocycles. The van der Waals surface area contributed by atoms with Crippen LogP contribution in [-0.2, 0) is 16.2 Å². The number of alkyl halides is 3. The molecule has 0 atom stereocenters. The van der Waals surface area contributed by atoms with E-state index in [0.717, 1.165) is 12.1 Å². The summed E-state index contributed by atoms with van der Waals surface area (Å²) in [5.74, 6) is -0.826. The van der Waals surface area contributed by atoms with Gasteiger partial charge in [0.15, 0.2) is 0 Å². The summed E-state index contributed by atoms with van der Waals surface area (Å²) in [7, 11) is -4.05. The molecule has 2 rings (SSSR count). The predicted octanol–water partition coefficient (Wildman–Crippen LogP) is 4.02. The highest BCUT2D eigenvalue weighted by atomic mass is 79.9. The molecule has 0 aliphatic rings. The SMILES string of the molecule is NS(=O)(=O)c1ccc(Br)c(C(=O)Nc2ccc(Cl)c(C(F)(F)F)c2)c1. The number of rotatable bonds is 3. The summed E-state index contributed by atoms with van der Waals surface area (Å²) in [6.07, 6.45) is -4.69. The van der Waals surface area contributed by atoms with Crippen molar-refractivity contribution in [1.29, 1.82) is 0 Å².